The zero-order valence-electron chi connectivity index (χ0n) is 13.3. The van der Waals surface area contributed by atoms with E-state index in [9.17, 15) is 9.59 Å². The van der Waals surface area contributed by atoms with E-state index in [0.717, 1.165) is 19.4 Å². The number of rotatable bonds is 7. The lowest BCUT2D eigenvalue weighted by Crippen LogP contribution is -2.44. The Hall–Kier alpha value is -1.10. The highest BCUT2D eigenvalue weighted by molar-refractivity contribution is 5.81. The van der Waals surface area contributed by atoms with Crippen LogP contribution in [0.15, 0.2) is 0 Å². The highest BCUT2D eigenvalue weighted by Crippen LogP contribution is 2.29. The molecule has 0 unspecified atom stereocenters. The van der Waals surface area contributed by atoms with Gasteiger partial charge in [0.25, 0.3) is 0 Å². The van der Waals surface area contributed by atoms with Crippen molar-refractivity contribution in [3.8, 4) is 0 Å². The molecule has 5 nitrogen and oxygen atoms in total. The van der Waals surface area contributed by atoms with Crippen LogP contribution in [0.1, 0.15) is 52.4 Å². The summed E-state index contributed by atoms with van der Waals surface area (Å²) in [4.78, 5) is 25.9. The molecule has 1 saturated heterocycles. The minimum Gasteiger partial charge on any atom is -0.368 e. The lowest BCUT2D eigenvalue weighted by atomic mass is 10.0. The van der Waals surface area contributed by atoms with Gasteiger partial charge < -0.3 is 15.0 Å². The van der Waals surface area contributed by atoms with Crippen LogP contribution in [0.25, 0.3) is 0 Å². The van der Waals surface area contributed by atoms with Gasteiger partial charge in [0, 0.05) is 25.6 Å². The number of nitrogens with zero attached hydrogens (tertiary/aromatic N) is 1. The van der Waals surface area contributed by atoms with Crippen LogP contribution in [-0.4, -0.2) is 48.6 Å². The van der Waals surface area contributed by atoms with Crippen molar-refractivity contribution < 1.29 is 14.3 Å². The first-order valence-electron chi connectivity index (χ1n) is 8.26. The summed E-state index contributed by atoms with van der Waals surface area (Å²) in [6.07, 6.45) is 5.78. The molecule has 0 radical (unpaired) electrons. The van der Waals surface area contributed by atoms with Crippen LogP contribution in [0.5, 0.6) is 0 Å². The standard InChI is InChI=1S/C16H28N2O3/c1-12-5-3-4-10-18(12)15(19)8-9-17-16(20)13(2)21-11-14-6-7-14/h12-14H,3-11H2,1-2H3,(H,17,20)/t12-,13+/m1/s1. The van der Waals surface area contributed by atoms with Gasteiger partial charge in [-0.15, -0.1) is 0 Å². The molecule has 2 amide bonds. The molecule has 21 heavy (non-hydrogen) atoms. The van der Waals surface area contributed by atoms with Gasteiger partial charge in [0.15, 0.2) is 0 Å². The Labute approximate surface area is 127 Å². The normalized spacial score (nSPS) is 23.7. The Morgan fingerprint density at radius 3 is 2.71 bits per heavy atom. The van der Waals surface area contributed by atoms with Crippen molar-refractivity contribution in [3.63, 3.8) is 0 Å². The zero-order chi connectivity index (χ0) is 15.2. The first-order valence-corrected chi connectivity index (χ1v) is 8.26. The van der Waals surface area contributed by atoms with Crippen LogP contribution < -0.4 is 5.32 Å². The van der Waals surface area contributed by atoms with E-state index in [1.807, 2.05) is 4.90 Å². The third-order valence-corrected chi connectivity index (χ3v) is 4.41. The third-order valence-electron chi connectivity index (χ3n) is 4.41. The Kier molecular flexibility index (Phi) is 6.03. The molecule has 0 aromatic carbocycles. The molecule has 120 valence electrons. The molecule has 1 N–H and O–H groups in total. The third kappa shape index (κ3) is 5.30. The van der Waals surface area contributed by atoms with Crippen molar-refractivity contribution in [2.45, 2.75) is 64.5 Å². The van der Waals surface area contributed by atoms with E-state index in [1.54, 1.807) is 6.92 Å². The molecule has 1 aliphatic heterocycles. The Balaban J connectivity index is 1.60. The number of hydrogen-bond donors (Lipinski definition) is 1. The number of carbonyl (C=O) groups is 2. The topological polar surface area (TPSA) is 58.6 Å². The van der Waals surface area contributed by atoms with Crippen LogP contribution in [0.2, 0.25) is 0 Å². The van der Waals surface area contributed by atoms with Gasteiger partial charge in [0.05, 0.1) is 6.61 Å². The highest BCUT2D eigenvalue weighted by Gasteiger charge is 2.25. The molecule has 0 spiro atoms. The molecule has 0 aromatic rings. The van der Waals surface area contributed by atoms with Gasteiger partial charge in [0.2, 0.25) is 11.8 Å². The molecule has 2 aliphatic rings. The second-order valence-corrected chi connectivity index (χ2v) is 6.39. The summed E-state index contributed by atoms with van der Waals surface area (Å²) in [5.41, 5.74) is 0. The summed E-state index contributed by atoms with van der Waals surface area (Å²) >= 11 is 0. The van der Waals surface area contributed by atoms with Crippen molar-refractivity contribution in [1.82, 2.24) is 10.2 Å². The second kappa shape index (κ2) is 7.78. The van der Waals surface area contributed by atoms with Crippen molar-refractivity contribution in [1.29, 1.82) is 0 Å². The van der Waals surface area contributed by atoms with Gasteiger partial charge in [-0.2, -0.15) is 0 Å². The highest BCUT2D eigenvalue weighted by atomic mass is 16.5. The number of piperidine rings is 1. The van der Waals surface area contributed by atoms with E-state index >= 15 is 0 Å². The largest absolute Gasteiger partial charge is 0.368 e. The number of amides is 2. The first kappa shape index (κ1) is 16.3. The minimum atomic E-state index is -0.422. The predicted octanol–water partition coefficient (Wildman–Crippen LogP) is 1.71. The Morgan fingerprint density at radius 2 is 2.05 bits per heavy atom. The van der Waals surface area contributed by atoms with E-state index in [1.165, 1.54) is 19.3 Å². The second-order valence-electron chi connectivity index (χ2n) is 6.39. The van der Waals surface area contributed by atoms with Crippen molar-refractivity contribution in [2.24, 2.45) is 5.92 Å². The van der Waals surface area contributed by atoms with Crippen LogP contribution in [-0.2, 0) is 14.3 Å². The molecule has 2 atom stereocenters. The number of ether oxygens (including phenoxy) is 1. The van der Waals surface area contributed by atoms with Gasteiger partial charge in [-0.05, 0) is 51.9 Å². The monoisotopic (exact) mass is 296 g/mol. The summed E-state index contributed by atoms with van der Waals surface area (Å²) < 4.78 is 5.51. The predicted molar refractivity (Wildman–Crippen MR) is 80.8 cm³/mol. The van der Waals surface area contributed by atoms with Gasteiger partial charge >= 0.3 is 0 Å². The molecule has 1 heterocycles. The van der Waals surface area contributed by atoms with Crippen molar-refractivity contribution in [2.75, 3.05) is 19.7 Å². The molecule has 1 saturated carbocycles. The molecule has 0 aromatic heterocycles. The van der Waals surface area contributed by atoms with Crippen molar-refractivity contribution in [3.05, 3.63) is 0 Å². The van der Waals surface area contributed by atoms with E-state index in [0.29, 0.717) is 31.5 Å². The van der Waals surface area contributed by atoms with Crippen LogP contribution >= 0.6 is 0 Å². The maximum atomic E-state index is 12.1. The van der Waals surface area contributed by atoms with Crippen LogP contribution in [0.3, 0.4) is 0 Å². The minimum absolute atomic E-state index is 0.116. The van der Waals surface area contributed by atoms with E-state index in [2.05, 4.69) is 12.2 Å². The first-order chi connectivity index (χ1) is 10.1. The molecular weight excluding hydrogens is 268 g/mol. The van der Waals surface area contributed by atoms with E-state index in [-0.39, 0.29) is 11.8 Å². The summed E-state index contributed by atoms with van der Waals surface area (Å²) in [7, 11) is 0. The fourth-order valence-corrected chi connectivity index (χ4v) is 2.69. The average Bonchev–Trinajstić information content (AvgIpc) is 3.29. The number of nitrogens with one attached hydrogen (secondary N) is 1. The Morgan fingerprint density at radius 1 is 1.29 bits per heavy atom. The smallest absolute Gasteiger partial charge is 0.248 e. The van der Waals surface area contributed by atoms with Gasteiger partial charge in [-0.25, -0.2) is 0 Å². The van der Waals surface area contributed by atoms with Crippen LogP contribution in [0.4, 0.5) is 0 Å². The Bertz CT molecular complexity index is 369. The summed E-state index contributed by atoms with van der Waals surface area (Å²) in [6.45, 7) is 5.81. The van der Waals surface area contributed by atoms with E-state index < -0.39 is 6.10 Å². The molecule has 1 aliphatic carbocycles. The number of likely N-dealkylation sites (tertiary alicyclic amines) is 1. The lowest BCUT2D eigenvalue weighted by Gasteiger charge is -2.33. The average molecular weight is 296 g/mol. The molecular formula is C16H28N2O3. The number of hydrogen-bond acceptors (Lipinski definition) is 3. The molecule has 5 heteroatoms. The maximum absolute atomic E-state index is 12.1. The fraction of sp³-hybridized carbons (Fsp3) is 0.875. The number of carbonyl (C=O) groups excluding carboxylic acids is 2. The SMILES string of the molecule is C[C@H](OCC1CC1)C(=O)NCCC(=O)N1CCCC[C@H]1C. The molecule has 0 bridgehead atoms. The van der Waals surface area contributed by atoms with Gasteiger partial charge in [0.1, 0.15) is 6.10 Å². The van der Waals surface area contributed by atoms with Gasteiger partial charge in [-0.1, -0.05) is 0 Å². The van der Waals surface area contributed by atoms with Crippen molar-refractivity contribution >= 4 is 11.8 Å². The summed E-state index contributed by atoms with van der Waals surface area (Å²) in [5.74, 6) is 0.687. The quantitative estimate of drug-likeness (QED) is 0.778. The summed E-state index contributed by atoms with van der Waals surface area (Å²) in [6, 6.07) is 0.336. The van der Waals surface area contributed by atoms with Crippen LogP contribution in [0, 0.1) is 5.92 Å². The molecule has 2 fully saturated rings. The van der Waals surface area contributed by atoms with Gasteiger partial charge in [-0.3, -0.25) is 9.59 Å². The fourth-order valence-electron chi connectivity index (χ4n) is 2.69. The lowest BCUT2D eigenvalue weighted by molar-refractivity contribution is -0.135. The summed E-state index contributed by atoms with van der Waals surface area (Å²) in [5, 5.41) is 2.80. The van der Waals surface area contributed by atoms with E-state index in [4.69, 9.17) is 4.74 Å². The molecule has 2 rings (SSSR count). The zero-order valence-corrected chi connectivity index (χ0v) is 13.3. The maximum Gasteiger partial charge on any atom is 0.248 e.